The van der Waals surface area contributed by atoms with Crippen LogP contribution in [0.1, 0.15) is 11.7 Å². The molecule has 1 N–H and O–H groups in total. The quantitative estimate of drug-likeness (QED) is 0.804. The Balaban J connectivity index is 2.25. The van der Waals surface area contributed by atoms with Crippen LogP contribution in [-0.4, -0.2) is 26.8 Å². The van der Waals surface area contributed by atoms with E-state index in [0.29, 0.717) is 12.4 Å². The first-order valence-electron chi connectivity index (χ1n) is 4.97. The molecule has 0 bridgehead atoms. The summed E-state index contributed by atoms with van der Waals surface area (Å²) >= 11 is 0. The van der Waals surface area contributed by atoms with Crippen molar-refractivity contribution in [1.29, 1.82) is 0 Å². The predicted molar refractivity (Wildman–Crippen MR) is 54.5 cm³/mol. The van der Waals surface area contributed by atoms with Gasteiger partial charge in [0.15, 0.2) is 0 Å². The third kappa shape index (κ3) is 2.27. The molecule has 1 aliphatic heterocycles. The molecule has 4 heteroatoms. The van der Waals surface area contributed by atoms with E-state index in [0.717, 1.165) is 18.7 Å². The fourth-order valence-electron chi connectivity index (χ4n) is 1.72. The number of morpholine rings is 1. The zero-order valence-corrected chi connectivity index (χ0v) is 8.63. The van der Waals surface area contributed by atoms with Crippen molar-refractivity contribution >= 4 is 0 Å². The molecule has 3 nitrogen and oxygen atoms in total. The van der Waals surface area contributed by atoms with Crippen molar-refractivity contribution in [2.75, 3.05) is 26.8 Å². The summed E-state index contributed by atoms with van der Waals surface area (Å²) in [5.41, 5.74) is 0.895. The molecular weight excluding hydrogens is 197 g/mol. The molecule has 1 aromatic rings. The van der Waals surface area contributed by atoms with Crippen LogP contribution in [0.4, 0.5) is 4.39 Å². The Morgan fingerprint density at radius 1 is 1.53 bits per heavy atom. The second kappa shape index (κ2) is 4.59. The molecule has 1 fully saturated rings. The molecule has 82 valence electrons. The lowest BCUT2D eigenvalue weighted by atomic mass is 10.1. The predicted octanol–water partition coefficient (Wildman–Crippen LogP) is 1.50. The number of hydrogen-bond acceptors (Lipinski definition) is 3. The molecular formula is C11H14FNO2. The van der Waals surface area contributed by atoms with Crippen LogP contribution >= 0.6 is 0 Å². The van der Waals surface area contributed by atoms with E-state index in [1.165, 1.54) is 19.2 Å². The molecule has 1 aromatic carbocycles. The van der Waals surface area contributed by atoms with Gasteiger partial charge in [0.25, 0.3) is 0 Å². The van der Waals surface area contributed by atoms with Gasteiger partial charge in [-0.2, -0.15) is 0 Å². The minimum atomic E-state index is -0.292. The topological polar surface area (TPSA) is 30.5 Å². The molecule has 1 saturated heterocycles. The van der Waals surface area contributed by atoms with Gasteiger partial charge in [0.2, 0.25) is 0 Å². The van der Waals surface area contributed by atoms with E-state index in [4.69, 9.17) is 9.47 Å². The summed E-state index contributed by atoms with van der Waals surface area (Å²) in [4.78, 5) is 0. The lowest BCUT2D eigenvalue weighted by molar-refractivity contribution is 0.0262. The monoisotopic (exact) mass is 211 g/mol. The average Bonchev–Trinajstić information content (AvgIpc) is 2.30. The van der Waals surface area contributed by atoms with Crippen LogP contribution in [0.25, 0.3) is 0 Å². The second-order valence-corrected chi connectivity index (χ2v) is 3.45. The van der Waals surface area contributed by atoms with Gasteiger partial charge in [0.05, 0.1) is 19.8 Å². The van der Waals surface area contributed by atoms with E-state index in [-0.39, 0.29) is 11.9 Å². The number of benzene rings is 1. The Morgan fingerprint density at radius 2 is 2.40 bits per heavy atom. The normalized spacial score (nSPS) is 21.3. The van der Waals surface area contributed by atoms with E-state index >= 15 is 0 Å². The molecule has 0 spiro atoms. The van der Waals surface area contributed by atoms with Gasteiger partial charge >= 0.3 is 0 Å². The third-order valence-electron chi connectivity index (χ3n) is 2.47. The smallest absolute Gasteiger partial charge is 0.127 e. The van der Waals surface area contributed by atoms with Gasteiger partial charge < -0.3 is 14.8 Å². The summed E-state index contributed by atoms with van der Waals surface area (Å²) in [6.45, 7) is 2.27. The van der Waals surface area contributed by atoms with Crippen LogP contribution in [0.3, 0.4) is 0 Å². The van der Waals surface area contributed by atoms with Crippen LogP contribution < -0.4 is 10.1 Å². The van der Waals surface area contributed by atoms with Crippen molar-refractivity contribution in [3.8, 4) is 5.75 Å². The van der Waals surface area contributed by atoms with Crippen LogP contribution in [0.5, 0.6) is 5.75 Å². The first-order chi connectivity index (χ1) is 7.31. The highest BCUT2D eigenvalue weighted by Crippen LogP contribution is 2.28. The van der Waals surface area contributed by atoms with E-state index in [9.17, 15) is 4.39 Å². The summed E-state index contributed by atoms with van der Waals surface area (Å²) in [5, 5.41) is 3.22. The highest BCUT2D eigenvalue weighted by Gasteiger charge is 2.19. The number of nitrogens with one attached hydrogen (secondary N) is 1. The summed E-state index contributed by atoms with van der Waals surface area (Å²) in [6, 6.07) is 4.52. The standard InChI is InChI=1S/C11H14FNO2/c1-14-10-6-8(12)2-3-9(10)11-7-13-4-5-15-11/h2-3,6,11,13H,4-5,7H2,1H3. The maximum atomic E-state index is 13.0. The van der Waals surface area contributed by atoms with Crippen molar-refractivity contribution in [3.05, 3.63) is 29.6 Å². The fourth-order valence-corrected chi connectivity index (χ4v) is 1.72. The van der Waals surface area contributed by atoms with Gasteiger partial charge in [-0.1, -0.05) is 0 Å². The number of halogens is 1. The van der Waals surface area contributed by atoms with Crippen molar-refractivity contribution < 1.29 is 13.9 Å². The molecule has 0 radical (unpaired) electrons. The zero-order chi connectivity index (χ0) is 10.7. The third-order valence-corrected chi connectivity index (χ3v) is 2.47. The second-order valence-electron chi connectivity index (χ2n) is 3.45. The zero-order valence-electron chi connectivity index (χ0n) is 8.63. The van der Waals surface area contributed by atoms with Crippen LogP contribution in [-0.2, 0) is 4.74 Å². The lowest BCUT2D eigenvalue weighted by Crippen LogP contribution is -2.33. The van der Waals surface area contributed by atoms with E-state index in [1.54, 1.807) is 6.07 Å². The van der Waals surface area contributed by atoms with Crippen molar-refractivity contribution in [2.45, 2.75) is 6.10 Å². The maximum Gasteiger partial charge on any atom is 0.127 e. The summed E-state index contributed by atoms with van der Waals surface area (Å²) < 4.78 is 23.7. The number of rotatable bonds is 2. The van der Waals surface area contributed by atoms with E-state index in [2.05, 4.69) is 5.32 Å². The van der Waals surface area contributed by atoms with Crippen molar-refractivity contribution in [2.24, 2.45) is 0 Å². The van der Waals surface area contributed by atoms with E-state index in [1.807, 2.05) is 0 Å². The number of ether oxygens (including phenoxy) is 2. The Morgan fingerprint density at radius 3 is 3.07 bits per heavy atom. The summed E-state index contributed by atoms with van der Waals surface area (Å²) in [5.74, 6) is 0.253. The molecule has 0 amide bonds. The SMILES string of the molecule is COc1cc(F)ccc1C1CNCCO1. The van der Waals surface area contributed by atoms with E-state index < -0.39 is 0 Å². The van der Waals surface area contributed by atoms with Crippen LogP contribution in [0.15, 0.2) is 18.2 Å². The van der Waals surface area contributed by atoms with Gasteiger partial charge in [0, 0.05) is 24.7 Å². The average molecular weight is 211 g/mol. The van der Waals surface area contributed by atoms with Gasteiger partial charge in [0.1, 0.15) is 11.6 Å². The Kier molecular flexibility index (Phi) is 3.18. The molecule has 1 aliphatic rings. The highest BCUT2D eigenvalue weighted by atomic mass is 19.1. The molecule has 0 aliphatic carbocycles. The lowest BCUT2D eigenvalue weighted by Gasteiger charge is -2.25. The van der Waals surface area contributed by atoms with Crippen molar-refractivity contribution in [1.82, 2.24) is 5.32 Å². The van der Waals surface area contributed by atoms with Gasteiger partial charge in [-0.15, -0.1) is 0 Å². The minimum Gasteiger partial charge on any atom is -0.496 e. The van der Waals surface area contributed by atoms with Crippen molar-refractivity contribution in [3.63, 3.8) is 0 Å². The molecule has 2 rings (SSSR count). The summed E-state index contributed by atoms with van der Waals surface area (Å²) in [6.07, 6.45) is -0.0469. The largest absolute Gasteiger partial charge is 0.496 e. The number of hydrogen-bond donors (Lipinski definition) is 1. The molecule has 1 atom stereocenters. The Bertz CT molecular complexity index is 337. The Labute approximate surface area is 88.2 Å². The van der Waals surface area contributed by atoms with Crippen LogP contribution in [0, 0.1) is 5.82 Å². The molecule has 15 heavy (non-hydrogen) atoms. The first kappa shape index (κ1) is 10.4. The Hall–Kier alpha value is -1.13. The molecule has 1 unspecified atom stereocenters. The van der Waals surface area contributed by atoms with Gasteiger partial charge in [-0.25, -0.2) is 4.39 Å². The molecule has 0 aromatic heterocycles. The minimum absolute atomic E-state index is 0.0469. The molecule has 1 heterocycles. The highest BCUT2D eigenvalue weighted by molar-refractivity contribution is 5.36. The van der Waals surface area contributed by atoms with Gasteiger partial charge in [-0.3, -0.25) is 0 Å². The number of methoxy groups -OCH3 is 1. The summed E-state index contributed by atoms with van der Waals surface area (Å²) in [7, 11) is 1.54. The maximum absolute atomic E-state index is 13.0. The first-order valence-corrected chi connectivity index (χ1v) is 4.97. The van der Waals surface area contributed by atoms with Gasteiger partial charge in [-0.05, 0) is 12.1 Å². The van der Waals surface area contributed by atoms with Crippen LogP contribution in [0.2, 0.25) is 0 Å². The molecule has 0 saturated carbocycles. The fraction of sp³-hybridized carbons (Fsp3) is 0.455.